The highest BCUT2D eigenvalue weighted by Crippen LogP contribution is 2.32. The molecule has 0 atom stereocenters. The number of halogens is 4. The normalized spacial score (nSPS) is 11.1. The maximum absolute atomic E-state index is 12.3. The summed E-state index contributed by atoms with van der Waals surface area (Å²) in [6.07, 6.45) is -4.20. The van der Waals surface area contributed by atoms with Gasteiger partial charge in [0.05, 0.1) is 18.1 Å². The summed E-state index contributed by atoms with van der Waals surface area (Å²) in [6, 6.07) is 2.69. The van der Waals surface area contributed by atoms with Crippen LogP contribution < -0.4 is 0 Å². The molecule has 0 aliphatic heterocycles. The largest absolute Gasteiger partial charge is 0.418 e. The third kappa shape index (κ3) is 2.36. The van der Waals surface area contributed by atoms with E-state index in [9.17, 15) is 13.2 Å². The fraction of sp³-hybridized carbons (Fsp3) is 0.250. The Morgan fingerprint density at radius 2 is 2.14 bits per heavy atom. The lowest BCUT2D eigenvalue weighted by molar-refractivity contribution is -0.138. The van der Waals surface area contributed by atoms with E-state index in [1.165, 1.54) is 0 Å². The number of pyridine rings is 1. The molecule has 1 heterocycles. The summed E-state index contributed by atoms with van der Waals surface area (Å²) in [5, 5.41) is 8.27. The van der Waals surface area contributed by atoms with Gasteiger partial charge in [-0.05, 0) is 11.6 Å². The topological polar surface area (TPSA) is 36.7 Å². The Bertz CT molecular complexity index is 381. The van der Waals surface area contributed by atoms with E-state index in [-0.39, 0.29) is 17.1 Å². The molecule has 0 radical (unpaired) electrons. The second kappa shape index (κ2) is 3.84. The Kier molecular flexibility index (Phi) is 2.96. The molecule has 1 aromatic rings. The van der Waals surface area contributed by atoms with Crippen molar-refractivity contribution in [3.63, 3.8) is 0 Å². The third-order valence-electron chi connectivity index (χ3n) is 1.53. The van der Waals surface area contributed by atoms with Gasteiger partial charge < -0.3 is 0 Å². The second-order valence-electron chi connectivity index (χ2n) is 2.50. The number of alkyl halides is 3. The van der Waals surface area contributed by atoms with Crippen molar-refractivity contribution >= 4 is 11.6 Å². The molecular formula is C8H4ClF3N2. The second-order valence-corrected chi connectivity index (χ2v) is 2.88. The summed E-state index contributed by atoms with van der Waals surface area (Å²) in [6.45, 7) is 0. The Hall–Kier alpha value is -1.28. The van der Waals surface area contributed by atoms with Crippen LogP contribution in [-0.2, 0) is 12.6 Å². The van der Waals surface area contributed by atoms with Crippen LogP contribution in [0.5, 0.6) is 0 Å². The molecule has 0 bridgehead atoms. The number of nitrogens with zero attached hydrogens (tertiary/aromatic N) is 2. The van der Waals surface area contributed by atoms with Crippen LogP contribution in [0.1, 0.15) is 11.1 Å². The van der Waals surface area contributed by atoms with Crippen molar-refractivity contribution in [3.05, 3.63) is 28.5 Å². The van der Waals surface area contributed by atoms with Crippen LogP contribution in [-0.4, -0.2) is 4.98 Å². The van der Waals surface area contributed by atoms with Crippen molar-refractivity contribution in [1.29, 1.82) is 5.26 Å². The average Bonchev–Trinajstić information content (AvgIpc) is 2.02. The zero-order valence-corrected chi connectivity index (χ0v) is 7.52. The molecule has 14 heavy (non-hydrogen) atoms. The fourth-order valence-electron chi connectivity index (χ4n) is 0.955. The zero-order valence-electron chi connectivity index (χ0n) is 6.77. The molecule has 0 unspecified atom stereocenters. The third-order valence-corrected chi connectivity index (χ3v) is 1.74. The van der Waals surface area contributed by atoms with E-state index in [1.54, 1.807) is 6.07 Å². The van der Waals surface area contributed by atoms with Gasteiger partial charge in [0.2, 0.25) is 0 Å². The highest BCUT2D eigenvalue weighted by molar-refractivity contribution is 6.29. The summed E-state index contributed by atoms with van der Waals surface area (Å²) < 4.78 is 36.9. The molecule has 0 saturated carbocycles. The summed E-state index contributed by atoms with van der Waals surface area (Å²) in [5.74, 6) is 0. The highest BCUT2D eigenvalue weighted by Gasteiger charge is 2.33. The van der Waals surface area contributed by atoms with Gasteiger partial charge in [0, 0.05) is 6.20 Å². The van der Waals surface area contributed by atoms with E-state index in [0.29, 0.717) is 6.20 Å². The van der Waals surface area contributed by atoms with Crippen LogP contribution in [0, 0.1) is 11.3 Å². The number of hydrogen-bond acceptors (Lipinski definition) is 2. The molecule has 0 aliphatic rings. The van der Waals surface area contributed by atoms with Gasteiger partial charge in [0.15, 0.2) is 0 Å². The SMILES string of the molecule is N#CCc1cc(Cl)ncc1C(F)(F)F. The summed E-state index contributed by atoms with van der Waals surface area (Å²) in [4.78, 5) is 3.32. The lowest BCUT2D eigenvalue weighted by Gasteiger charge is -2.09. The van der Waals surface area contributed by atoms with Crippen molar-refractivity contribution in [2.75, 3.05) is 0 Å². The maximum atomic E-state index is 12.3. The Morgan fingerprint density at radius 1 is 1.50 bits per heavy atom. The smallest absolute Gasteiger partial charge is 0.244 e. The molecule has 0 saturated heterocycles. The van der Waals surface area contributed by atoms with Gasteiger partial charge in [-0.1, -0.05) is 11.6 Å². The van der Waals surface area contributed by atoms with Crippen LogP contribution in [0.3, 0.4) is 0 Å². The van der Waals surface area contributed by atoms with Crippen molar-refractivity contribution in [2.45, 2.75) is 12.6 Å². The van der Waals surface area contributed by atoms with Crippen LogP contribution in [0.4, 0.5) is 13.2 Å². The first-order chi connectivity index (χ1) is 6.45. The maximum Gasteiger partial charge on any atom is 0.418 e. The molecule has 0 N–H and O–H groups in total. The molecule has 0 spiro atoms. The van der Waals surface area contributed by atoms with Crippen molar-refractivity contribution < 1.29 is 13.2 Å². The summed E-state index contributed by atoms with van der Waals surface area (Å²) >= 11 is 5.41. The standard InChI is InChI=1S/C8H4ClF3N2/c9-7-3-5(1-2-13)6(4-14-7)8(10,11)12/h3-4H,1H2. The molecule has 0 fully saturated rings. The van der Waals surface area contributed by atoms with Crippen molar-refractivity contribution in [1.82, 2.24) is 4.98 Å². The van der Waals surface area contributed by atoms with Gasteiger partial charge in [0.25, 0.3) is 0 Å². The minimum Gasteiger partial charge on any atom is -0.244 e. The molecule has 6 heteroatoms. The highest BCUT2D eigenvalue weighted by atomic mass is 35.5. The molecule has 1 rings (SSSR count). The van der Waals surface area contributed by atoms with Gasteiger partial charge in [-0.2, -0.15) is 18.4 Å². The minimum absolute atomic E-state index is 0.0525. The predicted octanol–water partition coefficient (Wildman–Crippen LogP) is 2.82. The molecule has 74 valence electrons. The van der Waals surface area contributed by atoms with Gasteiger partial charge in [-0.25, -0.2) is 4.98 Å². The van der Waals surface area contributed by atoms with Gasteiger partial charge in [-0.15, -0.1) is 0 Å². The Morgan fingerprint density at radius 3 is 2.64 bits per heavy atom. The lowest BCUT2D eigenvalue weighted by Crippen LogP contribution is -2.09. The Labute approximate surface area is 82.9 Å². The van der Waals surface area contributed by atoms with E-state index < -0.39 is 11.7 Å². The molecule has 2 nitrogen and oxygen atoms in total. The van der Waals surface area contributed by atoms with E-state index in [2.05, 4.69) is 4.98 Å². The Balaban J connectivity index is 3.23. The van der Waals surface area contributed by atoms with E-state index in [4.69, 9.17) is 16.9 Å². The quantitative estimate of drug-likeness (QED) is 0.683. The number of nitriles is 1. The monoisotopic (exact) mass is 220 g/mol. The van der Waals surface area contributed by atoms with Crippen molar-refractivity contribution in [2.24, 2.45) is 0 Å². The fourth-order valence-corrected chi connectivity index (χ4v) is 1.14. The minimum atomic E-state index is -4.50. The van der Waals surface area contributed by atoms with Crippen LogP contribution in [0.25, 0.3) is 0 Å². The first kappa shape index (κ1) is 10.8. The summed E-state index contributed by atoms with van der Waals surface area (Å²) in [7, 11) is 0. The molecule has 1 aromatic heterocycles. The predicted molar refractivity (Wildman–Crippen MR) is 43.6 cm³/mol. The zero-order chi connectivity index (χ0) is 10.8. The van der Waals surface area contributed by atoms with Crippen LogP contribution in [0.15, 0.2) is 12.3 Å². The number of aromatic nitrogens is 1. The van der Waals surface area contributed by atoms with Crippen LogP contribution >= 0.6 is 11.6 Å². The number of hydrogen-bond donors (Lipinski definition) is 0. The molecular weight excluding hydrogens is 217 g/mol. The lowest BCUT2D eigenvalue weighted by atomic mass is 10.1. The average molecular weight is 221 g/mol. The van der Waals surface area contributed by atoms with Gasteiger partial charge in [-0.3, -0.25) is 0 Å². The van der Waals surface area contributed by atoms with E-state index >= 15 is 0 Å². The molecule has 0 aromatic carbocycles. The van der Waals surface area contributed by atoms with Gasteiger partial charge in [0.1, 0.15) is 5.15 Å². The first-order valence-electron chi connectivity index (χ1n) is 3.53. The van der Waals surface area contributed by atoms with Gasteiger partial charge >= 0.3 is 6.18 Å². The van der Waals surface area contributed by atoms with E-state index in [0.717, 1.165) is 6.07 Å². The molecule has 0 aliphatic carbocycles. The molecule has 0 amide bonds. The first-order valence-corrected chi connectivity index (χ1v) is 3.91. The van der Waals surface area contributed by atoms with Crippen molar-refractivity contribution in [3.8, 4) is 6.07 Å². The number of rotatable bonds is 1. The van der Waals surface area contributed by atoms with Crippen LogP contribution in [0.2, 0.25) is 5.15 Å². The summed E-state index contributed by atoms with van der Waals surface area (Å²) in [5.41, 5.74) is -1.07. The van der Waals surface area contributed by atoms with E-state index in [1.807, 2.05) is 0 Å².